The van der Waals surface area contributed by atoms with Gasteiger partial charge in [-0.1, -0.05) is 43.0 Å². The zero-order valence-electron chi connectivity index (χ0n) is 17.8. The van der Waals surface area contributed by atoms with Crippen molar-refractivity contribution in [3.63, 3.8) is 0 Å². The molecule has 0 spiro atoms. The Morgan fingerprint density at radius 2 is 1.35 bits per heavy atom. The lowest BCUT2D eigenvalue weighted by atomic mass is 10.0. The molecule has 3 aromatic rings. The largest absolute Gasteiger partial charge is 0.494 e. The molecule has 0 amide bonds. The highest BCUT2D eigenvalue weighted by Gasteiger charge is 2.04. The molecule has 0 N–H and O–H groups in total. The number of hydrogen-bond acceptors (Lipinski definition) is 6. The summed E-state index contributed by atoms with van der Waals surface area (Å²) >= 11 is 0. The van der Waals surface area contributed by atoms with Crippen molar-refractivity contribution in [2.45, 2.75) is 32.6 Å². The molecular formula is C25H27N3O3. The predicted octanol–water partition coefficient (Wildman–Crippen LogP) is 5.26. The molecule has 31 heavy (non-hydrogen) atoms. The number of nitrogens with zero attached hydrogens (tertiary/aromatic N) is 3. The molecule has 0 atom stereocenters. The van der Waals surface area contributed by atoms with Gasteiger partial charge in [0.2, 0.25) is 0 Å². The molecule has 6 nitrogen and oxygen atoms in total. The summed E-state index contributed by atoms with van der Waals surface area (Å²) in [6.45, 7) is 6.34. The molecular weight excluding hydrogens is 390 g/mol. The van der Waals surface area contributed by atoms with Crippen LogP contribution >= 0.6 is 0 Å². The van der Waals surface area contributed by atoms with E-state index in [0.717, 1.165) is 48.1 Å². The highest BCUT2D eigenvalue weighted by Crippen LogP contribution is 2.25. The fourth-order valence-electron chi connectivity index (χ4n) is 2.98. The van der Waals surface area contributed by atoms with Crippen LogP contribution in [0.4, 0.5) is 0 Å². The van der Waals surface area contributed by atoms with E-state index in [1.807, 2.05) is 24.3 Å². The summed E-state index contributed by atoms with van der Waals surface area (Å²) in [4.78, 5) is 23.5. The molecule has 0 unspecified atom stereocenters. The number of esters is 1. The maximum Gasteiger partial charge on any atom is 0.333 e. The van der Waals surface area contributed by atoms with E-state index in [4.69, 9.17) is 9.47 Å². The van der Waals surface area contributed by atoms with Crippen molar-refractivity contribution in [3.05, 3.63) is 73.3 Å². The molecule has 0 aliphatic rings. The highest BCUT2D eigenvalue weighted by molar-refractivity contribution is 5.86. The van der Waals surface area contributed by atoms with Crippen LogP contribution in [0.3, 0.4) is 0 Å². The van der Waals surface area contributed by atoms with Gasteiger partial charge < -0.3 is 9.47 Å². The minimum atomic E-state index is -0.314. The minimum absolute atomic E-state index is 0.314. The van der Waals surface area contributed by atoms with Gasteiger partial charge in [0.25, 0.3) is 0 Å². The zero-order chi connectivity index (χ0) is 21.9. The Labute approximate surface area is 183 Å². The topological polar surface area (TPSA) is 74.2 Å². The number of benzene rings is 2. The summed E-state index contributed by atoms with van der Waals surface area (Å²) in [6.07, 6.45) is 6.87. The van der Waals surface area contributed by atoms with Crippen LogP contribution < -0.4 is 4.74 Å². The summed E-state index contributed by atoms with van der Waals surface area (Å²) in [5.74, 6) is 1.21. The number of hydrogen-bond donors (Lipinski definition) is 0. The first kappa shape index (κ1) is 22.2. The van der Waals surface area contributed by atoms with Crippen LogP contribution in [0.25, 0.3) is 22.5 Å². The Kier molecular flexibility index (Phi) is 8.29. The smallest absolute Gasteiger partial charge is 0.333 e. The Hall–Kier alpha value is -3.54. The van der Waals surface area contributed by atoms with E-state index in [1.54, 1.807) is 6.92 Å². The molecule has 0 bridgehead atoms. The van der Waals surface area contributed by atoms with Gasteiger partial charge in [-0.25, -0.2) is 19.7 Å². The van der Waals surface area contributed by atoms with Crippen LogP contribution in [0.1, 0.15) is 32.6 Å². The van der Waals surface area contributed by atoms with E-state index >= 15 is 0 Å². The van der Waals surface area contributed by atoms with E-state index in [9.17, 15) is 4.79 Å². The molecule has 0 saturated carbocycles. The number of rotatable bonds is 11. The van der Waals surface area contributed by atoms with E-state index in [2.05, 4.69) is 45.8 Å². The predicted molar refractivity (Wildman–Crippen MR) is 120 cm³/mol. The second-order valence-electron chi connectivity index (χ2n) is 7.24. The van der Waals surface area contributed by atoms with Crippen LogP contribution in [0, 0.1) is 0 Å². The van der Waals surface area contributed by atoms with Crippen LogP contribution in [0.2, 0.25) is 0 Å². The normalized spacial score (nSPS) is 10.5. The van der Waals surface area contributed by atoms with E-state index in [-0.39, 0.29) is 5.97 Å². The van der Waals surface area contributed by atoms with Crippen molar-refractivity contribution in [2.75, 3.05) is 13.2 Å². The first-order valence-corrected chi connectivity index (χ1v) is 10.4. The monoisotopic (exact) mass is 417 g/mol. The van der Waals surface area contributed by atoms with Crippen molar-refractivity contribution >= 4 is 5.97 Å². The molecule has 3 rings (SSSR count). The molecule has 1 aromatic heterocycles. The number of unbranched alkanes of at least 4 members (excludes halogenated alkanes) is 3. The van der Waals surface area contributed by atoms with Gasteiger partial charge in [0.15, 0.2) is 5.82 Å². The van der Waals surface area contributed by atoms with Crippen molar-refractivity contribution in [2.24, 2.45) is 0 Å². The van der Waals surface area contributed by atoms with Crippen molar-refractivity contribution in [1.29, 1.82) is 0 Å². The summed E-state index contributed by atoms with van der Waals surface area (Å²) in [5, 5.41) is 0. The molecule has 0 saturated heterocycles. The fourth-order valence-corrected chi connectivity index (χ4v) is 2.98. The summed E-state index contributed by atoms with van der Waals surface area (Å²) in [6, 6.07) is 16.2. The molecule has 1 heterocycles. The van der Waals surface area contributed by atoms with Crippen LogP contribution in [0.15, 0.2) is 73.3 Å². The number of carbonyl (C=O) groups is 1. The maximum atomic E-state index is 11.3. The first-order valence-electron chi connectivity index (χ1n) is 10.4. The molecule has 0 aliphatic heterocycles. The van der Waals surface area contributed by atoms with Crippen LogP contribution in [-0.4, -0.2) is 34.1 Å². The Balaban J connectivity index is 1.37. The van der Waals surface area contributed by atoms with Gasteiger partial charge in [-0.3, -0.25) is 0 Å². The Morgan fingerprint density at radius 1 is 0.806 bits per heavy atom. The lowest BCUT2D eigenvalue weighted by Gasteiger charge is -2.08. The molecule has 160 valence electrons. The van der Waals surface area contributed by atoms with Crippen LogP contribution in [-0.2, 0) is 9.53 Å². The number of carbonyl (C=O) groups excluding carboxylic acids is 1. The van der Waals surface area contributed by atoms with Crippen molar-refractivity contribution in [1.82, 2.24) is 15.0 Å². The zero-order valence-corrected chi connectivity index (χ0v) is 17.8. The summed E-state index contributed by atoms with van der Waals surface area (Å²) in [5.41, 5.74) is 3.65. The van der Waals surface area contributed by atoms with Gasteiger partial charge in [-0.2, -0.15) is 0 Å². The van der Waals surface area contributed by atoms with E-state index in [0.29, 0.717) is 24.6 Å². The second kappa shape index (κ2) is 11.6. The SMILES string of the molecule is C=C(C)C(=O)OCCCCCCOc1ccc(-c2ccc(-c3ncncn3)cc2)cc1. The van der Waals surface area contributed by atoms with E-state index < -0.39 is 0 Å². The maximum absolute atomic E-state index is 11.3. The summed E-state index contributed by atoms with van der Waals surface area (Å²) < 4.78 is 10.9. The Bertz CT molecular complexity index is 971. The standard InChI is InChI=1S/C25H27N3O3/c1-19(2)25(29)31-16-6-4-3-5-15-30-23-13-11-21(12-14-23)20-7-9-22(10-8-20)24-27-17-26-18-28-24/h7-14,17-18H,1,3-6,15-16H2,2H3. The van der Waals surface area contributed by atoms with E-state index in [1.165, 1.54) is 12.7 Å². The van der Waals surface area contributed by atoms with Crippen molar-refractivity contribution in [3.8, 4) is 28.3 Å². The minimum Gasteiger partial charge on any atom is -0.494 e. The molecule has 0 radical (unpaired) electrons. The third kappa shape index (κ3) is 7.03. The van der Waals surface area contributed by atoms with Gasteiger partial charge in [-0.15, -0.1) is 0 Å². The number of aromatic nitrogens is 3. The molecule has 6 heteroatoms. The lowest BCUT2D eigenvalue weighted by Crippen LogP contribution is -2.06. The molecule has 2 aromatic carbocycles. The second-order valence-corrected chi connectivity index (χ2v) is 7.24. The number of ether oxygens (including phenoxy) is 2. The van der Waals surface area contributed by atoms with Gasteiger partial charge >= 0.3 is 5.97 Å². The first-order chi connectivity index (χ1) is 15.1. The third-order valence-electron chi connectivity index (χ3n) is 4.71. The molecule has 0 fully saturated rings. The van der Waals surface area contributed by atoms with Gasteiger partial charge in [0, 0.05) is 11.1 Å². The van der Waals surface area contributed by atoms with Gasteiger partial charge in [-0.05, 0) is 55.9 Å². The Morgan fingerprint density at radius 3 is 1.97 bits per heavy atom. The highest BCUT2D eigenvalue weighted by atomic mass is 16.5. The third-order valence-corrected chi connectivity index (χ3v) is 4.71. The lowest BCUT2D eigenvalue weighted by molar-refractivity contribution is -0.139. The average molecular weight is 418 g/mol. The fraction of sp³-hybridized carbons (Fsp3) is 0.280. The van der Waals surface area contributed by atoms with Crippen LogP contribution in [0.5, 0.6) is 5.75 Å². The van der Waals surface area contributed by atoms with Gasteiger partial charge in [0.05, 0.1) is 13.2 Å². The summed E-state index contributed by atoms with van der Waals surface area (Å²) in [7, 11) is 0. The molecule has 0 aliphatic carbocycles. The average Bonchev–Trinajstić information content (AvgIpc) is 2.81. The quantitative estimate of drug-likeness (QED) is 0.241. The van der Waals surface area contributed by atoms with Gasteiger partial charge in [0.1, 0.15) is 18.4 Å². The van der Waals surface area contributed by atoms with Crippen molar-refractivity contribution < 1.29 is 14.3 Å².